The third kappa shape index (κ3) is 2.67. The Morgan fingerprint density at radius 2 is 1.29 bits per heavy atom. The summed E-state index contributed by atoms with van der Waals surface area (Å²) in [6, 6.07) is 19.6. The minimum absolute atomic E-state index is 0.180. The van der Waals surface area contributed by atoms with Crippen LogP contribution in [-0.2, 0) is 14.3 Å². The SMILES string of the molecule is O=C1[C@H]2[C@@H](c3ccccc3)OC3(C(=O)c4ccccc4C3=O)[C@@H]2C(=O)N1c1cc(Cl)cc(Cl)c1. The van der Waals surface area contributed by atoms with Crippen LogP contribution in [0.4, 0.5) is 5.69 Å². The van der Waals surface area contributed by atoms with Crippen LogP contribution >= 0.6 is 23.2 Å². The first-order valence-electron chi connectivity index (χ1n) is 10.6. The van der Waals surface area contributed by atoms with Crippen molar-refractivity contribution < 1.29 is 23.9 Å². The van der Waals surface area contributed by atoms with E-state index in [-0.39, 0.29) is 26.9 Å². The van der Waals surface area contributed by atoms with Crippen molar-refractivity contribution in [1.82, 2.24) is 0 Å². The molecule has 168 valence electrons. The zero-order valence-corrected chi connectivity index (χ0v) is 18.9. The van der Waals surface area contributed by atoms with Crippen LogP contribution in [0.3, 0.4) is 0 Å². The lowest BCUT2D eigenvalue weighted by Crippen LogP contribution is -2.51. The van der Waals surface area contributed by atoms with E-state index in [9.17, 15) is 19.2 Å². The number of hydrogen-bond acceptors (Lipinski definition) is 5. The van der Waals surface area contributed by atoms with E-state index < -0.39 is 46.9 Å². The second kappa shape index (κ2) is 7.34. The van der Waals surface area contributed by atoms with Crippen molar-refractivity contribution >= 4 is 52.3 Å². The third-order valence-electron chi connectivity index (χ3n) is 6.75. The van der Waals surface area contributed by atoms with Gasteiger partial charge in [0, 0.05) is 21.2 Å². The Hall–Kier alpha value is -3.32. The van der Waals surface area contributed by atoms with Crippen LogP contribution in [0.15, 0.2) is 72.8 Å². The Balaban J connectivity index is 1.56. The lowest BCUT2D eigenvalue weighted by atomic mass is 9.77. The standard InChI is InChI=1S/C26H15Cl2NO5/c27-14-10-15(28)12-16(11-14)29-24(32)19-20(25(29)33)26(34-21(19)13-6-2-1-3-7-13)22(30)17-8-4-5-9-18(17)23(26)31/h1-12,19-21H/t19-,20+,21-/m1/s1. The molecule has 2 saturated heterocycles. The molecule has 2 amide bonds. The van der Waals surface area contributed by atoms with E-state index >= 15 is 0 Å². The number of carbonyl (C=O) groups is 4. The maximum atomic E-state index is 13.8. The smallest absolute Gasteiger partial charge is 0.241 e. The third-order valence-corrected chi connectivity index (χ3v) is 7.19. The summed E-state index contributed by atoms with van der Waals surface area (Å²) in [5.74, 6) is -4.87. The quantitative estimate of drug-likeness (QED) is 0.383. The van der Waals surface area contributed by atoms with E-state index in [1.807, 2.05) is 0 Å². The van der Waals surface area contributed by atoms with Crippen molar-refractivity contribution in [2.24, 2.45) is 11.8 Å². The van der Waals surface area contributed by atoms with Gasteiger partial charge in [0.15, 0.2) is 0 Å². The van der Waals surface area contributed by atoms with Gasteiger partial charge in [-0.2, -0.15) is 0 Å². The minimum atomic E-state index is -2.11. The van der Waals surface area contributed by atoms with Crippen LogP contribution in [0.2, 0.25) is 10.0 Å². The van der Waals surface area contributed by atoms with Crippen molar-refractivity contribution in [3.8, 4) is 0 Å². The maximum Gasteiger partial charge on any atom is 0.241 e. The molecule has 1 aliphatic carbocycles. The zero-order valence-electron chi connectivity index (χ0n) is 17.4. The zero-order chi connectivity index (χ0) is 23.8. The molecular formula is C26H15Cl2NO5. The van der Waals surface area contributed by atoms with Gasteiger partial charge in [-0.15, -0.1) is 0 Å². The van der Waals surface area contributed by atoms with Crippen LogP contribution in [0.5, 0.6) is 0 Å². The van der Waals surface area contributed by atoms with Crippen LogP contribution in [0.1, 0.15) is 32.4 Å². The summed E-state index contributed by atoms with van der Waals surface area (Å²) < 4.78 is 6.22. The maximum absolute atomic E-state index is 13.8. The summed E-state index contributed by atoms with van der Waals surface area (Å²) in [6.07, 6.45) is -0.968. The number of imide groups is 1. The summed E-state index contributed by atoms with van der Waals surface area (Å²) in [5.41, 5.74) is -0.968. The normalized spacial score (nSPS) is 24.8. The molecule has 0 N–H and O–H groups in total. The number of benzene rings is 3. The number of ether oxygens (including phenoxy) is 1. The monoisotopic (exact) mass is 491 g/mol. The van der Waals surface area contributed by atoms with Gasteiger partial charge in [0.25, 0.3) is 0 Å². The number of anilines is 1. The van der Waals surface area contributed by atoms with Gasteiger partial charge >= 0.3 is 0 Å². The topological polar surface area (TPSA) is 80.8 Å². The molecular weight excluding hydrogens is 477 g/mol. The average Bonchev–Trinajstić information content (AvgIpc) is 3.39. The first-order chi connectivity index (χ1) is 16.3. The summed E-state index contributed by atoms with van der Waals surface area (Å²) in [4.78, 5) is 55.9. The lowest BCUT2D eigenvalue weighted by Gasteiger charge is -2.27. The Kier molecular flexibility index (Phi) is 4.58. The van der Waals surface area contributed by atoms with E-state index in [0.717, 1.165) is 4.90 Å². The van der Waals surface area contributed by atoms with E-state index in [1.54, 1.807) is 42.5 Å². The molecule has 3 aromatic carbocycles. The molecule has 2 heterocycles. The van der Waals surface area contributed by atoms with Crippen molar-refractivity contribution in [3.63, 3.8) is 0 Å². The highest BCUT2D eigenvalue weighted by atomic mass is 35.5. The number of fused-ring (bicyclic) bond motifs is 3. The first kappa shape index (κ1) is 21.2. The fourth-order valence-corrected chi connectivity index (χ4v) is 5.90. The van der Waals surface area contributed by atoms with Gasteiger partial charge in [0.1, 0.15) is 0 Å². The number of nitrogens with zero attached hydrogens (tertiary/aromatic N) is 1. The van der Waals surface area contributed by atoms with Gasteiger partial charge in [-0.1, -0.05) is 77.8 Å². The minimum Gasteiger partial charge on any atom is -0.349 e. The Bertz CT molecular complexity index is 1360. The fraction of sp³-hybridized carbons (Fsp3) is 0.154. The van der Waals surface area contributed by atoms with E-state index in [2.05, 4.69) is 0 Å². The summed E-state index contributed by atoms with van der Waals surface area (Å²) in [6.45, 7) is 0. The van der Waals surface area contributed by atoms with Gasteiger partial charge in [0.2, 0.25) is 29.0 Å². The molecule has 0 radical (unpaired) electrons. The van der Waals surface area contributed by atoms with Gasteiger partial charge in [0.05, 0.1) is 23.6 Å². The molecule has 34 heavy (non-hydrogen) atoms. The Morgan fingerprint density at radius 1 is 0.735 bits per heavy atom. The second-order valence-electron chi connectivity index (χ2n) is 8.53. The van der Waals surface area contributed by atoms with E-state index in [0.29, 0.717) is 5.56 Å². The highest BCUT2D eigenvalue weighted by Crippen LogP contribution is 2.57. The summed E-state index contributed by atoms with van der Waals surface area (Å²) in [5, 5.41) is 0.484. The van der Waals surface area contributed by atoms with Crippen molar-refractivity contribution in [2.75, 3.05) is 4.90 Å². The van der Waals surface area contributed by atoms with E-state index in [4.69, 9.17) is 27.9 Å². The molecule has 3 aliphatic rings. The molecule has 3 atom stereocenters. The van der Waals surface area contributed by atoms with Gasteiger partial charge in [-0.05, 0) is 23.8 Å². The molecule has 6 nitrogen and oxygen atoms in total. The highest BCUT2D eigenvalue weighted by Gasteiger charge is 2.74. The Morgan fingerprint density at radius 3 is 1.88 bits per heavy atom. The summed E-state index contributed by atoms with van der Waals surface area (Å²) >= 11 is 12.3. The molecule has 2 fully saturated rings. The molecule has 0 saturated carbocycles. The fourth-order valence-electron chi connectivity index (χ4n) is 5.38. The van der Waals surface area contributed by atoms with Gasteiger partial charge in [-0.25, -0.2) is 4.90 Å². The molecule has 0 unspecified atom stereocenters. The number of halogens is 2. The number of amides is 2. The predicted molar refractivity (Wildman–Crippen MR) is 124 cm³/mol. The molecule has 0 bridgehead atoms. The van der Waals surface area contributed by atoms with Crippen molar-refractivity contribution in [3.05, 3.63) is 99.5 Å². The van der Waals surface area contributed by atoms with Crippen LogP contribution < -0.4 is 4.90 Å². The molecule has 8 heteroatoms. The number of carbonyl (C=O) groups excluding carboxylic acids is 4. The number of rotatable bonds is 2. The lowest BCUT2D eigenvalue weighted by molar-refractivity contribution is -0.127. The average molecular weight is 492 g/mol. The van der Waals surface area contributed by atoms with Crippen molar-refractivity contribution in [2.45, 2.75) is 11.7 Å². The van der Waals surface area contributed by atoms with Crippen molar-refractivity contribution in [1.29, 1.82) is 0 Å². The van der Waals surface area contributed by atoms with Gasteiger partial charge in [-0.3, -0.25) is 19.2 Å². The van der Waals surface area contributed by atoms with E-state index in [1.165, 1.54) is 30.3 Å². The molecule has 1 spiro atoms. The predicted octanol–water partition coefficient (Wildman–Crippen LogP) is 4.69. The molecule has 6 rings (SSSR count). The molecule has 0 aromatic heterocycles. The molecule has 3 aromatic rings. The second-order valence-corrected chi connectivity index (χ2v) is 9.40. The molecule has 2 aliphatic heterocycles. The largest absolute Gasteiger partial charge is 0.349 e. The highest BCUT2D eigenvalue weighted by molar-refractivity contribution is 6.38. The van der Waals surface area contributed by atoms with Crippen LogP contribution in [-0.4, -0.2) is 29.0 Å². The van der Waals surface area contributed by atoms with Gasteiger partial charge < -0.3 is 4.74 Å². The van der Waals surface area contributed by atoms with Crippen LogP contribution in [0, 0.1) is 11.8 Å². The number of ketones is 2. The Labute approximate surface area is 204 Å². The summed E-state index contributed by atoms with van der Waals surface area (Å²) in [7, 11) is 0. The van der Waals surface area contributed by atoms with Crippen LogP contribution in [0.25, 0.3) is 0 Å². The first-order valence-corrected chi connectivity index (χ1v) is 11.4. The number of Topliss-reactive ketones (excluding diaryl/α,β-unsaturated/α-hetero) is 2. The number of hydrogen-bond donors (Lipinski definition) is 0.